The monoisotopic (exact) mass is 261 g/mol. The van der Waals surface area contributed by atoms with Gasteiger partial charge in [-0.05, 0) is 17.2 Å². The molecular weight excluding hydrogens is 253 g/mol. The van der Waals surface area contributed by atoms with Gasteiger partial charge in [-0.15, -0.1) is 5.47 Å². The van der Waals surface area contributed by atoms with Gasteiger partial charge in [-0.1, -0.05) is 35.2 Å². The van der Waals surface area contributed by atoms with Crippen LogP contribution in [0, 0.1) is 0 Å². The number of allylic oxidation sites excluding steroid dienone is 1. The van der Waals surface area contributed by atoms with Crippen molar-refractivity contribution < 1.29 is 4.79 Å². The van der Waals surface area contributed by atoms with E-state index in [0.29, 0.717) is 5.56 Å². The molecule has 2 nitrogen and oxygen atoms in total. The summed E-state index contributed by atoms with van der Waals surface area (Å²) in [5, 5.41) is -1.15. The van der Waals surface area contributed by atoms with Gasteiger partial charge in [-0.25, -0.2) is 0 Å². The van der Waals surface area contributed by atoms with Crippen LogP contribution in [-0.4, -0.2) is 35.5 Å². The molecule has 1 aliphatic heterocycles. The standard InChI is InChI=1S/C12H8B4ClNO/c13-7-5-11(15)12(18,10(19)9(7)14)6-3-1-2-4-8(6)16(11)17/h1-4H,5,18H2. The second-order valence-electron chi connectivity index (χ2n) is 5.24. The zero-order chi connectivity index (χ0) is 14.0. The SMILES string of the molecule is [B]C1=C([B])C(=O)C2(N)c3ccccc3B(Cl)C2([B])C1. The van der Waals surface area contributed by atoms with Gasteiger partial charge in [0.05, 0.1) is 13.4 Å². The molecule has 7 heteroatoms. The van der Waals surface area contributed by atoms with Crippen LogP contribution in [-0.2, 0) is 10.3 Å². The first kappa shape index (κ1) is 13.1. The van der Waals surface area contributed by atoms with Crippen molar-refractivity contribution in [3.63, 3.8) is 0 Å². The molecule has 0 saturated carbocycles. The number of Topliss-reactive ketones (excluding diaryl/α,β-unsaturated/α-hetero) is 1. The maximum Gasteiger partial charge on any atom is 0.284 e. The van der Waals surface area contributed by atoms with Gasteiger partial charge in [0.1, 0.15) is 15.7 Å². The Bertz CT molecular complexity index is 634. The van der Waals surface area contributed by atoms with Crippen molar-refractivity contribution >= 4 is 52.4 Å². The highest BCUT2D eigenvalue weighted by molar-refractivity contribution is 7.19. The van der Waals surface area contributed by atoms with E-state index in [1.165, 1.54) is 0 Å². The minimum absolute atomic E-state index is 0.0101. The van der Waals surface area contributed by atoms with Gasteiger partial charge in [0.15, 0.2) is 5.78 Å². The summed E-state index contributed by atoms with van der Waals surface area (Å²) in [5.74, 6) is -0.450. The summed E-state index contributed by atoms with van der Waals surface area (Å²) in [6.07, 6.45) is -0.381. The highest BCUT2D eigenvalue weighted by atomic mass is 35.5. The third-order valence-electron chi connectivity index (χ3n) is 4.28. The first-order chi connectivity index (χ1) is 8.84. The Hall–Kier alpha value is -0.860. The smallest absolute Gasteiger partial charge is 0.284 e. The third-order valence-corrected chi connectivity index (χ3v) is 4.90. The molecule has 0 amide bonds. The number of hydrogen-bond acceptors (Lipinski definition) is 2. The Balaban J connectivity index is 2.34. The lowest BCUT2D eigenvalue weighted by molar-refractivity contribution is -0.121. The van der Waals surface area contributed by atoms with Crippen molar-refractivity contribution in [3.05, 3.63) is 40.8 Å². The molecule has 0 fully saturated rings. The van der Waals surface area contributed by atoms with E-state index in [0.717, 1.165) is 5.46 Å². The zero-order valence-corrected chi connectivity index (χ0v) is 10.9. The van der Waals surface area contributed by atoms with Crippen molar-refractivity contribution in [1.29, 1.82) is 0 Å². The Morgan fingerprint density at radius 3 is 2.63 bits per heavy atom. The van der Waals surface area contributed by atoms with Crippen LogP contribution in [0.3, 0.4) is 0 Å². The average molecular weight is 261 g/mol. The summed E-state index contributed by atoms with van der Waals surface area (Å²) in [6.45, 7) is 0. The summed E-state index contributed by atoms with van der Waals surface area (Å²) >= 11 is 6.45. The number of hydrogen-bond donors (Lipinski definition) is 1. The summed E-state index contributed by atoms with van der Waals surface area (Å²) in [4.78, 5) is 12.5. The predicted molar refractivity (Wildman–Crippen MR) is 80.2 cm³/mol. The maximum atomic E-state index is 12.5. The molecule has 1 aromatic carbocycles. The maximum absolute atomic E-state index is 12.5. The van der Waals surface area contributed by atoms with E-state index in [1.807, 2.05) is 12.1 Å². The summed E-state index contributed by atoms with van der Waals surface area (Å²) in [6, 6.07) is 7.23. The number of ketones is 1. The number of carbonyl (C=O) groups is 1. The van der Waals surface area contributed by atoms with Crippen LogP contribution < -0.4 is 11.2 Å². The fourth-order valence-corrected chi connectivity index (χ4v) is 3.58. The zero-order valence-electron chi connectivity index (χ0n) is 10.2. The largest absolute Gasteiger partial charge is 0.316 e. The lowest BCUT2D eigenvalue weighted by Gasteiger charge is -2.46. The van der Waals surface area contributed by atoms with Crippen LogP contribution in [0.15, 0.2) is 35.2 Å². The Morgan fingerprint density at radius 1 is 1.32 bits per heavy atom. The molecule has 3 rings (SSSR count). The molecule has 1 aliphatic carbocycles. The lowest BCUT2D eigenvalue weighted by atomic mass is 9.32. The summed E-state index contributed by atoms with van der Waals surface area (Å²) < 4.78 is 0. The lowest BCUT2D eigenvalue weighted by Crippen LogP contribution is -2.58. The van der Waals surface area contributed by atoms with Gasteiger partial charge in [-0.2, -0.15) is 11.5 Å². The minimum Gasteiger partial charge on any atom is -0.316 e. The number of nitrogens with two attached hydrogens (primary N) is 1. The number of benzene rings is 1. The Labute approximate surface area is 121 Å². The quantitative estimate of drug-likeness (QED) is 0.650. The summed E-state index contributed by atoms with van der Waals surface area (Å²) in [7, 11) is 17.9. The van der Waals surface area contributed by atoms with Crippen molar-refractivity contribution in [2.75, 3.05) is 0 Å². The van der Waals surface area contributed by atoms with Gasteiger partial charge < -0.3 is 5.73 Å². The number of carbonyl (C=O) groups excluding carboxylic acids is 1. The van der Waals surface area contributed by atoms with Gasteiger partial charge in [-0.3, -0.25) is 4.79 Å². The predicted octanol–water partition coefficient (Wildman–Crippen LogP) is -0.321. The van der Waals surface area contributed by atoms with Crippen molar-refractivity contribution in [1.82, 2.24) is 0 Å². The van der Waals surface area contributed by atoms with Gasteiger partial charge >= 0.3 is 0 Å². The minimum atomic E-state index is -1.41. The van der Waals surface area contributed by atoms with Crippen molar-refractivity contribution in [2.45, 2.75) is 17.2 Å². The molecule has 1 heterocycles. The number of halogens is 1. The van der Waals surface area contributed by atoms with E-state index < -0.39 is 22.7 Å². The van der Waals surface area contributed by atoms with Crippen molar-refractivity contribution in [3.8, 4) is 0 Å². The Morgan fingerprint density at radius 2 is 1.95 bits per heavy atom. The second-order valence-corrected chi connectivity index (χ2v) is 5.68. The van der Waals surface area contributed by atoms with E-state index in [2.05, 4.69) is 0 Å². The van der Waals surface area contributed by atoms with Crippen LogP contribution in [0.5, 0.6) is 0 Å². The Kier molecular flexibility index (Phi) is 2.65. The number of fused-ring (bicyclic) bond motifs is 3. The summed E-state index contributed by atoms with van der Waals surface area (Å²) in [5.41, 5.74) is 6.61. The molecule has 0 aromatic heterocycles. The van der Waals surface area contributed by atoms with E-state index in [9.17, 15) is 4.79 Å². The molecule has 0 bridgehead atoms. The molecule has 19 heavy (non-hydrogen) atoms. The topological polar surface area (TPSA) is 43.1 Å². The molecule has 86 valence electrons. The first-order valence-corrected chi connectivity index (χ1v) is 6.38. The highest BCUT2D eigenvalue weighted by Gasteiger charge is 2.64. The van der Waals surface area contributed by atoms with Crippen LogP contribution >= 0.6 is 11.5 Å². The average Bonchev–Trinajstić information content (AvgIpc) is 2.57. The van der Waals surface area contributed by atoms with Crippen LogP contribution in [0.2, 0.25) is 5.21 Å². The van der Waals surface area contributed by atoms with Crippen LogP contribution in [0.25, 0.3) is 0 Å². The fourth-order valence-electron chi connectivity index (χ4n) is 3.14. The van der Waals surface area contributed by atoms with Crippen LogP contribution in [0.4, 0.5) is 0 Å². The third kappa shape index (κ3) is 1.34. The van der Waals surface area contributed by atoms with E-state index in [-0.39, 0.29) is 17.4 Å². The van der Waals surface area contributed by atoms with Crippen LogP contribution in [0.1, 0.15) is 12.0 Å². The molecule has 0 saturated heterocycles. The molecule has 0 spiro atoms. The fraction of sp³-hybridized carbons (Fsp3) is 0.250. The first-order valence-electron chi connectivity index (χ1n) is 5.94. The molecule has 1 aromatic rings. The second kappa shape index (κ2) is 3.83. The molecular formula is C12H8B4ClNO. The highest BCUT2D eigenvalue weighted by Crippen LogP contribution is 2.56. The normalized spacial score (nSPS) is 33.4. The molecule has 2 aliphatic rings. The molecule has 2 atom stereocenters. The van der Waals surface area contributed by atoms with Crippen molar-refractivity contribution in [2.24, 2.45) is 5.73 Å². The molecule has 2 N–H and O–H groups in total. The van der Waals surface area contributed by atoms with Gasteiger partial charge in [0.25, 0.3) is 6.13 Å². The molecule has 2 unspecified atom stereocenters. The van der Waals surface area contributed by atoms with E-state index in [1.54, 1.807) is 12.1 Å². The number of rotatable bonds is 0. The van der Waals surface area contributed by atoms with E-state index in [4.69, 9.17) is 40.7 Å². The van der Waals surface area contributed by atoms with E-state index >= 15 is 0 Å². The molecule has 6 radical (unpaired) electrons. The van der Waals surface area contributed by atoms with Gasteiger partial charge in [0.2, 0.25) is 0 Å². The van der Waals surface area contributed by atoms with Gasteiger partial charge in [0, 0.05) is 0 Å².